The summed E-state index contributed by atoms with van der Waals surface area (Å²) in [5.41, 5.74) is 4.13. The predicted molar refractivity (Wildman–Crippen MR) is 95.4 cm³/mol. The molecule has 1 saturated heterocycles. The number of piperazine rings is 1. The highest BCUT2D eigenvalue weighted by Crippen LogP contribution is 2.25. The van der Waals surface area contributed by atoms with Crippen LogP contribution >= 0.6 is 11.6 Å². The maximum Gasteiger partial charge on any atom is 0.255 e. The lowest BCUT2D eigenvalue weighted by atomic mass is 10.1. The van der Waals surface area contributed by atoms with Gasteiger partial charge in [-0.25, -0.2) is 4.39 Å². The van der Waals surface area contributed by atoms with E-state index in [4.69, 9.17) is 11.6 Å². The fourth-order valence-electron chi connectivity index (χ4n) is 3.06. The van der Waals surface area contributed by atoms with E-state index >= 15 is 0 Å². The molecule has 0 spiro atoms. The Morgan fingerprint density at radius 1 is 1.08 bits per heavy atom. The summed E-state index contributed by atoms with van der Waals surface area (Å²) >= 11 is 6.01. The van der Waals surface area contributed by atoms with Crippen LogP contribution in [0.1, 0.15) is 21.5 Å². The Bertz CT molecular complexity index is 770. The van der Waals surface area contributed by atoms with E-state index < -0.39 is 5.82 Å². The van der Waals surface area contributed by atoms with E-state index in [1.165, 1.54) is 35.0 Å². The van der Waals surface area contributed by atoms with Crippen molar-refractivity contribution in [2.75, 3.05) is 31.1 Å². The van der Waals surface area contributed by atoms with E-state index in [9.17, 15) is 9.18 Å². The molecule has 2 aromatic rings. The van der Waals surface area contributed by atoms with Crippen LogP contribution < -0.4 is 4.90 Å². The van der Waals surface area contributed by atoms with E-state index in [0.717, 1.165) is 13.1 Å². The minimum absolute atomic E-state index is 0.138. The molecule has 5 heteroatoms. The molecule has 1 aliphatic rings. The summed E-state index contributed by atoms with van der Waals surface area (Å²) in [5, 5.41) is 0.164. The van der Waals surface area contributed by atoms with Crippen molar-refractivity contribution in [3.8, 4) is 0 Å². The van der Waals surface area contributed by atoms with E-state index in [2.05, 4.69) is 36.9 Å². The zero-order valence-electron chi connectivity index (χ0n) is 13.9. The van der Waals surface area contributed by atoms with Crippen LogP contribution in [0.2, 0.25) is 5.02 Å². The fraction of sp³-hybridized carbons (Fsp3) is 0.316. The van der Waals surface area contributed by atoms with Crippen LogP contribution in [0.3, 0.4) is 0 Å². The number of rotatable bonds is 2. The van der Waals surface area contributed by atoms with Crippen molar-refractivity contribution in [3.63, 3.8) is 0 Å². The second-order valence-corrected chi connectivity index (χ2v) is 6.53. The molecule has 0 aromatic heterocycles. The number of amides is 1. The number of anilines is 1. The van der Waals surface area contributed by atoms with E-state index in [1.807, 2.05) is 0 Å². The average molecular weight is 347 g/mol. The van der Waals surface area contributed by atoms with Crippen LogP contribution in [0.15, 0.2) is 36.4 Å². The number of benzene rings is 2. The topological polar surface area (TPSA) is 23.6 Å². The molecular weight excluding hydrogens is 327 g/mol. The third kappa shape index (κ3) is 3.24. The van der Waals surface area contributed by atoms with Gasteiger partial charge in [0.05, 0.1) is 10.6 Å². The lowest BCUT2D eigenvalue weighted by Gasteiger charge is -2.37. The predicted octanol–water partition coefficient (Wildman–Crippen LogP) is 4.06. The minimum atomic E-state index is -0.434. The molecule has 1 aliphatic heterocycles. The third-order valence-corrected chi connectivity index (χ3v) is 4.96. The van der Waals surface area contributed by atoms with Gasteiger partial charge in [0, 0.05) is 31.9 Å². The first-order valence-electron chi connectivity index (χ1n) is 8.03. The number of hydrogen-bond donors (Lipinski definition) is 0. The van der Waals surface area contributed by atoms with Crippen LogP contribution in [-0.2, 0) is 0 Å². The van der Waals surface area contributed by atoms with Gasteiger partial charge in [-0.3, -0.25) is 4.79 Å². The Morgan fingerprint density at radius 3 is 2.46 bits per heavy atom. The zero-order valence-corrected chi connectivity index (χ0v) is 14.6. The molecule has 0 atom stereocenters. The molecule has 1 amide bonds. The van der Waals surface area contributed by atoms with Crippen molar-refractivity contribution in [3.05, 3.63) is 63.9 Å². The van der Waals surface area contributed by atoms with Crippen molar-refractivity contribution in [1.29, 1.82) is 0 Å². The highest BCUT2D eigenvalue weighted by molar-refractivity contribution is 6.33. The SMILES string of the molecule is Cc1cccc(N2CCN(C(=O)c3ccc(F)cc3Cl)CC2)c1C. The Morgan fingerprint density at radius 2 is 1.79 bits per heavy atom. The highest BCUT2D eigenvalue weighted by Gasteiger charge is 2.24. The quantitative estimate of drug-likeness (QED) is 0.818. The van der Waals surface area contributed by atoms with Gasteiger partial charge in [0.2, 0.25) is 0 Å². The van der Waals surface area contributed by atoms with Gasteiger partial charge in [-0.05, 0) is 49.2 Å². The number of nitrogens with zero attached hydrogens (tertiary/aromatic N) is 2. The second-order valence-electron chi connectivity index (χ2n) is 6.12. The van der Waals surface area contributed by atoms with Crippen LogP contribution in [0.25, 0.3) is 0 Å². The normalized spacial score (nSPS) is 14.8. The van der Waals surface area contributed by atoms with Gasteiger partial charge in [-0.2, -0.15) is 0 Å². The smallest absolute Gasteiger partial charge is 0.255 e. The van der Waals surface area contributed by atoms with Gasteiger partial charge in [-0.15, -0.1) is 0 Å². The van der Waals surface area contributed by atoms with Gasteiger partial charge in [0.25, 0.3) is 5.91 Å². The molecule has 1 heterocycles. The summed E-state index contributed by atoms with van der Waals surface area (Å²) in [7, 11) is 0. The molecule has 3 rings (SSSR count). The highest BCUT2D eigenvalue weighted by atomic mass is 35.5. The average Bonchev–Trinajstić information content (AvgIpc) is 2.57. The molecule has 0 N–H and O–H groups in total. The van der Waals surface area contributed by atoms with Crippen molar-refractivity contribution >= 4 is 23.2 Å². The van der Waals surface area contributed by atoms with Crippen molar-refractivity contribution in [1.82, 2.24) is 4.90 Å². The Hall–Kier alpha value is -2.07. The molecule has 0 aliphatic carbocycles. The first-order valence-corrected chi connectivity index (χ1v) is 8.40. The number of aryl methyl sites for hydroxylation is 1. The third-order valence-electron chi connectivity index (χ3n) is 4.65. The lowest BCUT2D eigenvalue weighted by Crippen LogP contribution is -2.49. The van der Waals surface area contributed by atoms with E-state index in [1.54, 1.807) is 4.90 Å². The second kappa shape index (κ2) is 6.81. The Kier molecular flexibility index (Phi) is 4.76. The summed E-state index contributed by atoms with van der Waals surface area (Å²) in [6, 6.07) is 10.2. The van der Waals surface area contributed by atoms with Gasteiger partial charge < -0.3 is 9.80 Å². The van der Waals surface area contributed by atoms with Crippen LogP contribution in [0, 0.1) is 19.7 Å². The number of halogens is 2. The number of carbonyl (C=O) groups is 1. The Labute approximate surface area is 146 Å². The van der Waals surface area contributed by atoms with Gasteiger partial charge in [0.15, 0.2) is 0 Å². The first-order chi connectivity index (χ1) is 11.5. The molecule has 126 valence electrons. The van der Waals surface area contributed by atoms with Crippen molar-refractivity contribution in [2.45, 2.75) is 13.8 Å². The summed E-state index contributed by atoms with van der Waals surface area (Å²) in [6.07, 6.45) is 0. The molecule has 0 saturated carbocycles. The van der Waals surface area contributed by atoms with Gasteiger partial charge in [-0.1, -0.05) is 23.7 Å². The van der Waals surface area contributed by atoms with Crippen molar-refractivity contribution in [2.24, 2.45) is 0 Å². The van der Waals surface area contributed by atoms with Crippen molar-refractivity contribution < 1.29 is 9.18 Å². The standard InChI is InChI=1S/C19H20ClFN2O/c1-13-4-3-5-18(14(13)2)22-8-10-23(11-9-22)19(24)16-7-6-15(21)12-17(16)20/h3-7,12H,8-11H2,1-2H3. The number of hydrogen-bond acceptors (Lipinski definition) is 2. The molecular formula is C19H20ClFN2O. The van der Waals surface area contributed by atoms with E-state index in [-0.39, 0.29) is 10.9 Å². The van der Waals surface area contributed by atoms with Crippen LogP contribution in [-0.4, -0.2) is 37.0 Å². The van der Waals surface area contributed by atoms with Gasteiger partial charge in [0.1, 0.15) is 5.82 Å². The molecule has 24 heavy (non-hydrogen) atoms. The summed E-state index contributed by atoms with van der Waals surface area (Å²) in [6.45, 7) is 7.03. The summed E-state index contributed by atoms with van der Waals surface area (Å²) in [5.74, 6) is -0.572. The molecule has 0 unspecified atom stereocenters. The largest absolute Gasteiger partial charge is 0.368 e. The lowest BCUT2D eigenvalue weighted by molar-refractivity contribution is 0.0747. The Balaban J connectivity index is 1.71. The van der Waals surface area contributed by atoms with Crippen LogP contribution in [0.4, 0.5) is 10.1 Å². The van der Waals surface area contributed by atoms with E-state index in [0.29, 0.717) is 18.7 Å². The monoisotopic (exact) mass is 346 g/mol. The fourth-order valence-corrected chi connectivity index (χ4v) is 3.31. The maximum absolute atomic E-state index is 13.1. The number of carbonyl (C=O) groups excluding carboxylic acids is 1. The molecule has 0 bridgehead atoms. The minimum Gasteiger partial charge on any atom is -0.368 e. The maximum atomic E-state index is 13.1. The molecule has 1 fully saturated rings. The first kappa shape index (κ1) is 16.8. The molecule has 2 aromatic carbocycles. The van der Waals surface area contributed by atoms with Gasteiger partial charge >= 0.3 is 0 Å². The molecule has 3 nitrogen and oxygen atoms in total. The molecule has 0 radical (unpaired) electrons. The summed E-state index contributed by atoms with van der Waals surface area (Å²) in [4.78, 5) is 16.7. The summed E-state index contributed by atoms with van der Waals surface area (Å²) < 4.78 is 13.1. The zero-order chi connectivity index (χ0) is 17.3. The van der Waals surface area contributed by atoms with Crippen LogP contribution in [0.5, 0.6) is 0 Å².